The highest BCUT2D eigenvalue weighted by Crippen LogP contribution is 2.65. The topological polar surface area (TPSA) is 74.6 Å². The molecule has 8 saturated carbocycles. The van der Waals surface area contributed by atoms with Crippen molar-refractivity contribution in [2.45, 2.75) is 93.3 Å². The van der Waals surface area contributed by atoms with Crippen molar-refractivity contribution < 1.29 is 19.8 Å². The third-order valence-corrected chi connectivity index (χ3v) is 15.6. The van der Waals surface area contributed by atoms with Crippen molar-refractivity contribution in [3.63, 3.8) is 0 Å². The summed E-state index contributed by atoms with van der Waals surface area (Å²) in [4.78, 5) is 24.3. The molecule has 0 radical (unpaired) electrons. The van der Waals surface area contributed by atoms with Gasteiger partial charge in [0, 0.05) is 0 Å². The second-order valence-electron chi connectivity index (χ2n) is 18.4. The Balaban J connectivity index is 1.17. The Morgan fingerprint density at radius 3 is 1.02 bits per heavy atom. The van der Waals surface area contributed by atoms with Crippen molar-refractivity contribution in [1.29, 1.82) is 0 Å². The molecule has 0 amide bonds. The van der Waals surface area contributed by atoms with Gasteiger partial charge in [-0.15, -0.1) is 0 Å². The number of rotatable bonds is 6. The fraction of sp³-hybridized carbons (Fsp3) is 0.447. The minimum atomic E-state index is -0.929. The third-order valence-electron chi connectivity index (χ3n) is 15.6. The number of hydrogen-bond acceptors (Lipinski definition) is 2. The Morgan fingerprint density at radius 2 is 0.725 bits per heavy atom. The van der Waals surface area contributed by atoms with Crippen molar-refractivity contribution in [3.05, 3.63) is 129 Å². The van der Waals surface area contributed by atoms with E-state index in [9.17, 15) is 19.8 Å². The van der Waals surface area contributed by atoms with Crippen LogP contribution in [-0.2, 0) is 16.2 Å². The molecule has 0 atom stereocenters. The lowest BCUT2D eigenvalue weighted by molar-refractivity contribution is -0.00530. The van der Waals surface area contributed by atoms with E-state index in [0.717, 1.165) is 46.6 Å². The molecule has 0 aromatic heterocycles. The van der Waals surface area contributed by atoms with Crippen molar-refractivity contribution >= 4 is 11.9 Å². The SMILES string of the molecule is O=C(O)c1ccc(C2(c3ccc(C(=O)O)cc3)c3cc(C45CC6CC(CC(C6)C4)C5)ccc3-c3ccc(C45CC6CC(CC(C6)C4)C5)cc32)cc1. The van der Waals surface area contributed by atoms with E-state index in [1.807, 2.05) is 24.3 Å². The number of carboxylic acids is 2. The van der Waals surface area contributed by atoms with E-state index in [1.165, 1.54) is 110 Å². The molecule has 8 fully saturated rings. The van der Waals surface area contributed by atoms with Crippen LogP contribution in [0.4, 0.5) is 0 Å². The van der Waals surface area contributed by atoms with E-state index in [1.54, 1.807) is 24.3 Å². The monoisotopic (exact) mass is 674 g/mol. The van der Waals surface area contributed by atoms with E-state index in [4.69, 9.17) is 0 Å². The van der Waals surface area contributed by atoms with E-state index in [0.29, 0.717) is 0 Å². The van der Waals surface area contributed by atoms with E-state index < -0.39 is 17.4 Å². The molecule has 2 N–H and O–H groups in total. The molecule has 258 valence electrons. The van der Waals surface area contributed by atoms with Gasteiger partial charge in [-0.25, -0.2) is 9.59 Å². The Kier molecular flexibility index (Phi) is 6.24. The van der Waals surface area contributed by atoms with Gasteiger partial charge < -0.3 is 10.2 Å². The molecule has 4 nitrogen and oxygen atoms in total. The normalized spacial score (nSPS) is 34.4. The minimum Gasteiger partial charge on any atom is -0.478 e. The maximum absolute atomic E-state index is 12.1. The summed E-state index contributed by atoms with van der Waals surface area (Å²) in [6.07, 6.45) is 16.1. The fourth-order valence-corrected chi connectivity index (χ4v) is 14.4. The molecule has 13 rings (SSSR count). The fourth-order valence-electron chi connectivity index (χ4n) is 14.4. The number of carbonyl (C=O) groups is 2. The van der Waals surface area contributed by atoms with Gasteiger partial charge in [0.15, 0.2) is 0 Å². The lowest BCUT2D eigenvalue weighted by Gasteiger charge is -2.57. The Bertz CT molecular complexity index is 1900. The third kappa shape index (κ3) is 4.25. The Labute approximate surface area is 300 Å². The molecule has 0 saturated heterocycles. The van der Waals surface area contributed by atoms with Gasteiger partial charge in [0.25, 0.3) is 0 Å². The maximum Gasteiger partial charge on any atom is 0.335 e. The summed E-state index contributed by atoms with van der Waals surface area (Å²) in [5.41, 5.74) is 10.3. The van der Waals surface area contributed by atoms with Crippen molar-refractivity contribution in [2.75, 3.05) is 0 Å². The van der Waals surface area contributed by atoms with Crippen LogP contribution in [-0.4, -0.2) is 22.2 Å². The van der Waals surface area contributed by atoms with Crippen LogP contribution in [0.3, 0.4) is 0 Å². The van der Waals surface area contributed by atoms with Crippen LogP contribution >= 0.6 is 0 Å². The van der Waals surface area contributed by atoms with Gasteiger partial charge in [-0.1, -0.05) is 60.7 Å². The van der Waals surface area contributed by atoms with Crippen molar-refractivity contribution in [3.8, 4) is 11.1 Å². The van der Waals surface area contributed by atoms with Gasteiger partial charge in [0.1, 0.15) is 0 Å². The standard InChI is InChI=1S/C47H46O4/c48-43(49)33-1-5-35(6-2-33)47(36-7-3-34(4-8-36)44(50)51)41-19-37(45-21-27-13-28(22-45)15-29(14-27)23-45)9-11-39(41)40-12-10-38(20-42(40)47)46-24-30-16-31(25-46)18-32(17-30)26-46/h1-12,19-20,27-32H,13-18,21-26H2,(H,48,49)(H,50,51). The summed E-state index contributed by atoms with van der Waals surface area (Å²) in [6.45, 7) is 0. The molecular weight excluding hydrogens is 629 g/mol. The Morgan fingerprint density at radius 1 is 0.431 bits per heavy atom. The largest absolute Gasteiger partial charge is 0.478 e. The quantitative estimate of drug-likeness (QED) is 0.188. The lowest BCUT2D eigenvalue weighted by atomic mass is 9.47. The van der Waals surface area contributed by atoms with Crippen molar-refractivity contribution in [2.24, 2.45) is 35.5 Å². The second-order valence-corrected chi connectivity index (χ2v) is 18.4. The van der Waals surface area contributed by atoms with Crippen LogP contribution < -0.4 is 0 Å². The first-order chi connectivity index (χ1) is 24.7. The second kappa shape index (κ2) is 10.5. The van der Waals surface area contributed by atoms with Gasteiger partial charge in [-0.2, -0.15) is 0 Å². The average molecular weight is 675 g/mol. The van der Waals surface area contributed by atoms with Gasteiger partial charge in [0.05, 0.1) is 16.5 Å². The highest BCUT2D eigenvalue weighted by molar-refractivity contribution is 5.91. The zero-order valence-electron chi connectivity index (χ0n) is 29.2. The zero-order valence-corrected chi connectivity index (χ0v) is 29.2. The predicted molar refractivity (Wildman–Crippen MR) is 197 cm³/mol. The summed E-state index contributed by atoms with van der Waals surface area (Å²) < 4.78 is 0. The van der Waals surface area contributed by atoms with Crippen LogP contribution in [0, 0.1) is 35.5 Å². The number of fused-ring (bicyclic) bond motifs is 3. The van der Waals surface area contributed by atoms with E-state index >= 15 is 0 Å². The molecule has 0 unspecified atom stereocenters. The molecule has 0 spiro atoms. The molecule has 0 heterocycles. The first-order valence-electron chi connectivity index (χ1n) is 19.7. The molecule has 4 heteroatoms. The number of carboxylic acid groups (broad SMARTS) is 2. The van der Waals surface area contributed by atoms with Gasteiger partial charge in [-0.05, 0) is 192 Å². The number of aromatic carboxylic acids is 2. The van der Waals surface area contributed by atoms with Crippen LogP contribution in [0.1, 0.15) is 131 Å². The van der Waals surface area contributed by atoms with E-state index in [2.05, 4.69) is 36.4 Å². The number of benzene rings is 4. The smallest absolute Gasteiger partial charge is 0.335 e. The molecule has 4 aromatic rings. The summed E-state index contributed by atoms with van der Waals surface area (Å²) in [5.74, 6) is 3.15. The molecule has 0 aliphatic heterocycles. The van der Waals surface area contributed by atoms with Gasteiger partial charge in [0.2, 0.25) is 0 Å². The maximum atomic E-state index is 12.1. The summed E-state index contributed by atoms with van der Waals surface area (Å²) in [5, 5.41) is 19.9. The highest BCUT2D eigenvalue weighted by Gasteiger charge is 2.55. The van der Waals surface area contributed by atoms with Gasteiger partial charge in [-0.3, -0.25) is 0 Å². The zero-order chi connectivity index (χ0) is 34.3. The summed E-state index contributed by atoms with van der Waals surface area (Å²) >= 11 is 0. The highest BCUT2D eigenvalue weighted by atomic mass is 16.4. The first-order valence-corrected chi connectivity index (χ1v) is 19.7. The molecular formula is C47H46O4. The Hall–Kier alpha value is -4.18. The van der Waals surface area contributed by atoms with Crippen LogP contribution in [0.2, 0.25) is 0 Å². The number of hydrogen-bond donors (Lipinski definition) is 2. The van der Waals surface area contributed by atoms with Crippen LogP contribution in [0.5, 0.6) is 0 Å². The minimum absolute atomic E-state index is 0.217. The first kappa shape index (κ1) is 30.4. The predicted octanol–water partition coefficient (Wildman–Crippen LogP) is 10.4. The van der Waals surface area contributed by atoms with E-state index in [-0.39, 0.29) is 22.0 Å². The van der Waals surface area contributed by atoms with Gasteiger partial charge >= 0.3 is 11.9 Å². The average Bonchev–Trinajstić information content (AvgIpc) is 3.40. The molecule has 8 bridgehead atoms. The molecule has 9 aliphatic rings. The summed E-state index contributed by atoms with van der Waals surface area (Å²) in [7, 11) is 0. The molecule has 4 aromatic carbocycles. The molecule has 9 aliphatic carbocycles. The van der Waals surface area contributed by atoms with Crippen LogP contribution in [0.25, 0.3) is 11.1 Å². The summed E-state index contributed by atoms with van der Waals surface area (Å²) in [6, 6.07) is 30.0. The van der Waals surface area contributed by atoms with Crippen molar-refractivity contribution in [1.82, 2.24) is 0 Å². The van der Waals surface area contributed by atoms with Crippen LogP contribution in [0.15, 0.2) is 84.9 Å². The lowest BCUT2D eigenvalue weighted by Crippen LogP contribution is -2.48. The molecule has 51 heavy (non-hydrogen) atoms.